The molecule has 4 aromatic rings. The van der Waals surface area contributed by atoms with Crippen molar-refractivity contribution in [2.45, 2.75) is 49.3 Å². The number of allylic oxidation sites excluding steroid dienone is 1. The summed E-state index contributed by atoms with van der Waals surface area (Å²) in [6.45, 7) is 2.41. The minimum absolute atomic E-state index is 0.00215. The lowest BCUT2D eigenvalue weighted by molar-refractivity contribution is -0.126. The predicted molar refractivity (Wildman–Crippen MR) is 178 cm³/mol. The van der Waals surface area contributed by atoms with Crippen molar-refractivity contribution >= 4 is 43.9 Å². The largest absolute Gasteiger partial charge is 0.507 e. The molecular formula is C34H32ClF2N5O5S. The number of carbonyl (C=O) groups is 1. The van der Waals surface area contributed by atoms with Crippen molar-refractivity contribution in [1.29, 1.82) is 0 Å². The van der Waals surface area contributed by atoms with Gasteiger partial charge in [-0.1, -0.05) is 23.7 Å². The van der Waals surface area contributed by atoms with E-state index in [4.69, 9.17) is 11.6 Å². The van der Waals surface area contributed by atoms with Gasteiger partial charge in [0.25, 0.3) is 5.56 Å². The topological polar surface area (TPSA) is 126 Å². The van der Waals surface area contributed by atoms with Crippen LogP contribution in [0.15, 0.2) is 52.4 Å². The third-order valence-electron chi connectivity index (χ3n) is 9.14. The summed E-state index contributed by atoms with van der Waals surface area (Å²) in [4.78, 5) is 39.1. The first-order valence-corrected chi connectivity index (χ1v) is 18.0. The number of carbonyl (C=O) groups excluding carboxylic acids is 1. The van der Waals surface area contributed by atoms with Crippen molar-refractivity contribution in [3.05, 3.63) is 81.1 Å². The monoisotopic (exact) mass is 695 g/mol. The molecule has 2 saturated carbocycles. The van der Waals surface area contributed by atoms with E-state index in [1.165, 1.54) is 30.6 Å². The number of sulfone groups is 1. The first-order chi connectivity index (χ1) is 22.9. The van der Waals surface area contributed by atoms with Gasteiger partial charge in [-0.2, -0.15) is 0 Å². The number of rotatable bonds is 7. The Morgan fingerprint density at radius 2 is 1.62 bits per heavy atom. The maximum atomic E-state index is 17.4. The van der Waals surface area contributed by atoms with E-state index in [0.29, 0.717) is 11.4 Å². The first kappa shape index (κ1) is 32.2. The molecule has 0 bridgehead atoms. The molecular weight excluding hydrogens is 664 g/mol. The number of phenolic OH excluding ortho intramolecular Hbond substituents is 1. The van der Waals surface area contributed by atoms with Crippen LogP contribution in [0.1, 0.15) is 55.8 Å². The van der Waals surface area contributed by atoms with Crippen molar-refractivity contribution in [2.24, 2.45) is 0 Å². The minimum atomic E-state index is -4.28. The number of pyridine rings is 1. The van der Waals surface area contributed by atoms with Crippen LogP contribution >= 0.6 is 11.6 Å². The molecule has 7 rings (SSSR count). The number of hydrogen-bond donors (Lipinski definition) is 1. The van der Waals surface area contributed by atoms with Crippen LogP contribution in [-0.4, -0.2) is 71.3 Å². The number of aromatic hydroxyl groups is 1. The highest BCUT2D eigenvalue weighted by Gasteiger charge is 2.39. The van der Waals surface area contributed by atoms with E-state index in [1.807, 2.05) is 0 Å². The van der Waals surface area contributed by atoms with Gasteiger partial charge in [-0.15, -0.1) is 0 Å². The Morgan fingerprint density at radius 1 is 1.00 bits per heavy atom. The fraction of sp³-hybridized carbons (Fsp3) is 0.353. The van der Waals surface area contributed by atoms with Crippen molar-refractivity contribution in [1.82, 2.24) is 19.4 Å². The normalized spacial score (nSPS) is 17.1. The van der Waals surface area contributed by atoms with Crippen LogP contribution in [0.3, 0.4) is 0 Å². The molecule has 10 nitrogen and oxygen atoms in total. The number of piperazine rings is 1. The van der Waals surface area contributed by atoms with Crippen molar-refractivity contribution in [2.75, 3.05) is 37.3 Å². The molecule has 0 spiro atoms. The number of halogens is 3. The van der Waals surface area contributed by atoms with E-state index in [9.17, 15) is 23.1 Å². The zero-order valence-corrected chi connectivity index (χ0v) is 27.8. The lowest BCUT2D eigenvalue weighted by Gasteiger charge is -2.37. The van der Waals surface area contributed by atoms with Gasteiger partial charge in [-0.05, 0) is 56.9 Å². The van der Waals surface area contributed by atoms with Crippen LogP contribution in [0, 0.1) is 11.6 Å². The summed E-state index contributed by atoms with van der Waals surface area (Å²) in [5, 5.41) is 10.4. The number of hydrogen-bond acceptors (Lipinski definition) is 8. The van der Waals surface area contributed by atoms with Gasteiger partial charge in [0.1, 0.15) is 17.9 Å². The number of aromatic nitrogens is 3. The Labute approximate surface area is 280 Å². The lowest BCUT2D eigenvalue weighted by atomic mass is 9.99. The van der Waals surface area contributed by atoms with Crippen LogP contribution in [0.2, 0.25) is 5.02 Å². The Hall–Kier alpha value is -4.36. The fourth-order valence-electron chi connectivity index (χ4n) is 6.63. The highest BCUT2D eigenvalue weighted by Crippen LogP contribution is 2.49. The highest BCUT2D eigenvalue weighted by molar-refractivity contribution is 7.90. The zero-order valence-electron chi connectivity index (χ0n) is 26.2. The number of amides is 1. The molecule has 3 fully saturated rings. The molecule has 2 aliphatic carbocycles. The number of benzene rings is 2. The van der Waals surface area contributed by atoms with Gasteiger partial charge in [0.2, 0.25) is 5.91 Å². The van der Waals surface area contributed by atoms with Gasteiger partial charge in [-0.3, -0.25) is 14.2 Å². The van der Waals surface area contributed by atoms with Gasteiger partial charge in [0, 0.05) is 55.2 Å². The molecule has 1 saturated heterocycles. The molecule has 3 heterocycles. The van der Waals surface area contributed by atoms with Crippen molar-refractivity contribution in [3.8, 4) is 22.6 Å². The summed E-state index contributed by atoms with van der Waals surface area (Å²) >= 11 is 6.73. The Balaban J connectivity index is 1.61. The summed E-state index contributed by atoms with van der Waals surface area (Å²) < 4.78 is 61.1. The van der Waals surface area contributed by atoms with Crippen molar-refractivity contribution < 1.29 is 27.1 Å². The van der Waals surface area contributed by atoms with E-state index in [2.05, 4.69) is 9.97 Å². The fourth-order valence-corrected chi connectivity index (χ4v) is 7.92. The standard InChI is InChI=1S/C34H32ClF2N5O5S/c1-3-5-24(44)40-12-14-41(15-13-40)31-20-16-21(35)25(26-22(36)6-4-7-23(26)43)27(37)30(20)42(34(45)33(31)48(2,46)47)32-28(18-8-9-18)38-17-39-29(32)19-10-11-19/h3-7,16-19,43H,8-15H2,1-2H3/b5-3+. The second-order valence-corrected chi connectivity index (χ2v) is 14.9. The molecule has 2 aromatic heterocycles. The average molecular weight is 696 g/mol. The quantitative estimate of drug-likeness (QED) is 0.253. The second-order valence-electron chi connectivity index (χ2n) is 12.5. The van der Waals surface area contributed by atoms with E-state index < -0.39 is 48.8 Å². The van der Waals surface area contributed by atoms with Gasteiger partial charge >= 0.3 is 0 Å². The van der Waals surface area contributed by atoms with Gasteiger partial charge in [-0.25, -0.2) is 27.2 Å². The highest BCUT2D eigenvalue weighted by atomic mass is 35.5. The number of fused-ring (bicyclic) bond motifs is 1. The molecule has 1 aliphatic heterocycles. The molecule has 0 radical (unpaired) electrons. The second kappa shape index (κ2) is 12.0. The van der Waals surface area contributed by atoms with Crippen LogP contribution < -0.4 is 10.5 Å². The average Bonchev–Trinajstić information content (AvgIpc) is 3.96. The van der Waals surface area contributed by atoms with Crippen LogP contribution in [0.5, 0.6) is 5.75 Å². The third-order valence-corrected chi connectivity index (χ3v) is 10.6. The van der Waals surface area contributed by atoms with E-state index in [-0.39, 0.29) is 71.2 Å². The molecule has 1 N–H and O–H groups in total. The number of nitrogens with zero attached hydrogens (tertiary/aromatic N) is 5. The molecule has 48 heavy (non-hydrogen) atoms. The Morgan fingerprint density at radius 3 is 2.17 bits per heavy atom. The minimum Gasteiger partial charge on any atom is -0.507 e. The Kier molecular flexibility index (Phi) is 8.02. The summed E-state index contributed by atoms with van der Waals surface area (Å²) in [7, 11) is -4.28. The Bertz CT molecular complexity index is 2160. The smallest absolute Gasteiger partial charge is 0.276 e. The summed E-state index contributed by atoms with van der Waals surface area (Å²) in [6, 6.07) is 4.82. The van der Waals surface area contributed by atoms with E-state index in [1.54, 1.807) is 22.8 Å². The van der Waals surface area contributed by atoms with Crippen LogP contribution in [-0.2, 0) is 14.6 Å². The third kappa shape index (κ3) is 5.42. The number of phenols is 1. The summed E-state index contributed by atoms with van der Waals surface area (Å²) in [6.07, 6.45) is 8.48. The molecule has 0 unspecified atom stereocenters. The van der Waals surface area contributed by atoms with Crippen LogP contribution in [0.4, 0.5) is 14.5 Å². The predicted octanol–water partition coefficient (Wildman–Crippen LogP) is 5.47. The molecule has 250 valence electrons. The van der Waals surface area contributed by atoms with E-state index >= 15 is 8.78 Å². The lowest BCUT2D eigenvalue weighted by Crippen LogP contribution is -2.49. The molecule has 3 aliphatic rings. The van der Waals surface area contributed by atoms with Gasteiger partial charge in [0.05, 0.1) is 38.9 Å². The molecule has 14 heteroatoms. The van der Waals surface area contributed by atoms with Gasteiger partial charge in [0.15, 0.2) is 20.5 Å². The van der Waals surface area contributed by atoms with Gasteiger partial charge < -0.3 is 14.9 Å². The maximum absolute atomic E-state index is 17.4. The summed E-state index contributed by atoms with van der Waals surface area (Å²) in [5.41, 5.74) is -1.15. The van der Waals surface area contributed by atoms with E-state index in [0.717, 1.165) is 42.6 Å². The molecule has 1 amide bonds. The van der Waals surface area contributed by atoms with Crippen molar-refractivity contribution in [3.63, 3.8) is 0 Å². The molecule has 2 aromatic carbocycles. The van der Waals surface area contributed by atoms with Crippen LogP contribution in [0.25, 0.3) is 27.7 Å². The number of anilines is 1. The SMILES string of the molecule is C/C=C/C(=O)N1CCN(c2c(S(C)(=O)=O)c(=O)n(-c3c(C4CC4)ncnc3C3CC3)c3c(F)c(-c4c(O)cccc4F)c(Cl)cc23)CC1. The molecule has 0 atom stereocenters. The zero-order chi connectivity index (χ0) is 34.1. The first-order valence-electron chi connectivity index (χ1n) is 15.7. The maximum Gasteiger partial charge on any atom is 0.276 e. The summed E-state index contributed by atoms with van der Waals surface area (Å²) in [5.74, 6) is -2.94.